The molecule has 0 aliphatic rings. The Labute approximate surface area is 89.9 Å². The van der Waals surface area contributed by atoms with Crippen molar-refractivity contribution in [1.29, 1.82) is 0 Å². The largest absolute Gasteiger partial charge is 0.497 e. The summed E-state index contributed by atoms with van der Waals surface area (Å²) in [6.45, 7) is 2.07. The number of rotatable bonds is 3. The number of benzene rings is 1. The molecule has 78 valence electrons. The molecule has 0 aliphatic carbocycles. The highest BCUT2D eigenvalue weighted by Crippen LogP contribution is 2.10. The van der Waals surface area contributed by atoms with Gasteiger partial charge in [0.15, 0.2) is 0 Å². The molecule has 1 rings (SSSR count). The zero-order chi connectivity index (χ0) is 9.68. The van der Waals surface area contributed by atoms with Crippen molar-refractivity contribution in [3.05, 3.63) is 29.8 Å². The number of nitrogens with one attached hydrogen (secondary N) is 1. The Balaban J connectivity index is 0.00000169. The van der Waals surface area contributed by atoms with E-state index in [4.69, 9.17) is 4.74 Å². The quantitative estimate of drug-likeness (QED) is 0.835. The van der Waals surface area contributed by atoms with Crippen LogP contribution in [0.4, 0.5) is 0 Å². The first-order valence-electron chi connectivity index (χ1n) is 4.09. The number of hydrogen-bond acceptors (Lipinski definition) is 2. The van der Waals surface area contributed by atoms with Gasteiger partial charge in [0, 0.05) is 13.5 Å². The Morgan fingerprint density at radius 3 is 2.36 bits per heavy atom. The van der Waals surface area contributed by atoms with Crippen molar-refractivity contribution in [2.45, 2.75) is 13.5 Å². The van der Waals surface area contributed by atoms with E-state index >= 15 is 0 Å². The Kier molecular flexibility index (Phi) is 5.72. The molecular formula is C10H14ClNO2. The molecule has 14 heavy (non-hydrogen) atoms. The van der Waals surface area contributed by atoms with Gasteiger partial charge in [-0.3, -0.25) is 4.79 Å². The molecule has 0 saturated heterocycles. The van der Waals surface area contributed by atoms with Gasteiger partial charge in [-0.25, -0.2) is 0 Å². The summed E-state index contributed by atoms with van der Waals surface area (Å²) < 4.78 is 5.01. The molecule has 3 nitrogen and oxygen atoms in total. The maximum atomic E-state index is 10.6. The van der Waals surface area contributed by atoms with Crippen molar-refractivity contribution >= 4 is 18.3 Å². The fourth-order valence-electron chi connectivity index (χ4n) is 0.970. The van der Waals surface area contributed by atoms with Crippen LogP contribution >= 0.6 is 12.4 Å². The van der Waals surface area contributed by atoms with Crippen molar-refractivity contribution in [2.24, 2.45) is 0 Å². The predicted molar refractivity (Wildman–Crippen MR) is 57.8 cm³/mol. The second kappa shape index (κ2) is 6.27. The third kappa shape index (κ3) is 4.14. The number of carbonyl (C=O) groups excluding carboxylic acids is 1. The van der Waals surface area contributed by atoms with Gasteiger partial charge in [0.05, 0.1) is 7.11 Å². The topological polar surface area (TPSA) is 38.3 Å². The lowest BCUT2D eigenvalue weighted by Gasteiger charge is -2.03. The lowest BCUT2D eigenvalue weighted by Crippen LogP contribution is -2.18. The summed E-state index contributed by atoms with van der Waals surface area (Å²) >= 11 is 0. The molecule has 0 bridgehead atoms. The first-order valence-corrected chi connectivity index (χ1v) is 4.09. The lowest BCUT2D eigenvalue weighted by atomic mass is 10.2. The molecule has 0 atom stereocenters. The highest BCUT2D eigenvalue weighted by Gasteiger charge is 1.94. The maximum absolute atomic E-state index is 10.6. The molecule has 0 heterocycles. The van der Waals surface area contributed by atoms with Crippen LogP contribution in [-0.4, -0.2) is 13.0 Å². The third-order valence-corrected chi connectivity index (χ3v) is 1.70. The van der Waals surface area contributed by atoms with E-state index in [1.807, 2.05) is 24.3 Å². The van der Waals surface area contributed by atoms with E-state index in [2.05, 4.69) is 5.32 Å². The molecule has 0 aromatic heterocycles. The summed E-state index contributed by atoms with van der Waals surface area (Å²) in [6, 6.07) is 7.60. The lowest BCUT2D eigenvalue weighted by molar-refractivity contribution is -0.119. The standard InChI is InChI=1S/C10H13NO2.ClH/c1-8(12)11-7-9-3-5-10(13-2)6-4-9;/h3-6H,7H2,1-2H3,(H,11,12);1H. The molecule has 1 N–H and O–H groups in total. The molecule has 0 unspecified atom stereocenters. The first-order chi connectivity index (χ1) is 6.22. The first kappa shape index (κ1) is 12.8. The highest BCUT2D eigenvalue weighted by atomic mass is 35.5. The predicted octanol–water partition coefficient (Wildman–Crippen LogP) is 1.75. The number of ether oxygens (including phenoxy) is 1. The zero-order valence-corrected chi connectivity index (χ0v) is 9.06. The van der Waals surface area contributed by atoms with Crippen LogP contribution in [0, 0.1) is 0 Å². The Morgan fingerprint density at radius 1 is 1.36 bits per heavy atom. The van der Waals surface area contributed by atoms with E-state index in [1.165, 1.54) is 6.92 Å². The highest BCUT2D eigenvalue weighted by molar-refractivity contribution is 5.85. The van der Waals surface area contributed by atoms with Gasteiger partial charge in [0.25, 0.3) is 0 Å². The number of carbonyl (C=O) groups is 1. The Morgan fingerprint density at radius 2 is 1.93 bits per heavy atom. The van der Waals surface area contributed by atoms with Crippen LogP contribution in [0.25, 0.3) is 0 Å². The molecule has 0 aliphatic heterocycles. The minimum Gasteiger partial charge on any atom is -0.497 e. The van der Waals surface area contributed by atoms with Gasteiger partial charge in [0.1, 0.15) is 5.75 Å². The molecule has 0 fully saturated rings. The van der Waals surface area contributed by atoms with Crippen LogP contribution < -0.4 is 10.1 Å². The van der Waals surface area contributed by atoms with Gasteiger partial charge in [-0.2, -0.15) is 0 Å². The number of methoxy groups -OCH3 is 1. The molecule has 0 saturated carbocycles. The van der Waals surface area contributed by atoms with Gasteiger partial charge in [0.2, 0.25) is 5.91 Å². The summed E-state index contributed by atoms with van der Waals surface area (Å²) in [7, 11) is 1.63. The van der Waals surface area contributed by atoms with E-state index in [-0.39, 0.29) is 18.3 Å². The van der Waals surface area contributed by atoms with Gasteiger partial charge in [-0.1, -0.05) is 12.1 Å². The van der Waals surface area contributed by atoms with E-state index in [0.717, 1.165) is 11.3 Å². The van der Waals surface area contributed by atoms with Crippen molar-refractivity contribution < 1.29 is 9.53 Å². The van der Waals surface area contributed by atoms with Crippen molar-refractivity contribution in [2.75, 3.05) is 7.11 Å². The fourth-order valence-corrected chi connectivity index (χ4v) is 0.970. The molecule has 0 spiro atoms. The molecule has 4 heteroatoms. The monoisotopic (exact) mass is 215 g/mol. The molecular weight excluding hydrogens is 202 g/mol. The smallest absolute Gasteiger partial charge is 0.217 e. The summed E-state index contributed by atoms with van der Waals surface area (Å²) in [5.41, 5.74) is 1.07. The minimum absolute atomic E-state index is 0. The van der Waals surface area contributed by atoms with E-state index in [0.29, 0.717) is 6.54 Å². The van der Waals surface area contributed by atoms with Gasteiger partial charge in [-0.15, -0.1) is 12.4 Å². The van der Waals surface area contributed by atoms with Crippen LogP contribution in [0.1, 0.15) is 12.5 Å². The average molecular weight is 216 g/mol. The second-order valence-corrected chi connectivity index (χ2v) is 2.76. The van der Waals surface area contributed by atoms with Crippen LogP contribution in [-0.2, 0) is 11.3 Å². The van der Waals surface area contributed by atoms with Gasteiger partial charge < -0.3 is 10.1 Å². The third-order valence-electron chi connectivity index (χ3n) is 1.70. The Hall–Kier alpha value is -1.22. The minimum atomic E-state index is -0.0178. The van der Waals surface area contributed by atoms with Crippen molar-refractivity contribution in [3.63, 3.8) is 0 Å². The van der Waals surface area contributed by atoms with Crippen LogP contribution in [0.3, 0.4) is 0 Å². The van der Waals surface area contributed by atoms with E-state index < -0.39 is 0 Å². The fraction of sp³-hybridized carbons (Fsp3) is 0.300. The van der Waals surface area contributed by atoms with Crippen LogP contribution in [0.5, 0.6) is 5.75 Å². The van der Waals surface area contributed by atoms with Gasteiger partial charge >= 0.3 is 0 Å². The molecule has 1 amide bonds. The summed E-state index contributed by atoms with van der Waals surface area (Å²) in [5.74, 6) is 0.808. The number of amides is 1. The SMILES string of the molecule is COc1ccc(CNC(C)=O)cc1.Cl. The molecule has 0 radical (unpaired) electrons. The Bertz CT molecular complexity index is 285. The summed E-state index contributed by atoms with van der Waals surface area (Å²) in [5, 5.41) is 2.72. The summed E-state index contributed by atoms with van der Waals surface area (Å²) in [4.78, 5) is 10.6. The average Bonchev–Trinajstić information content (AvgIpc) is 2.15. The molecule has 1 aromatic rings. The molecule has 1 aromatic carbocycles. The van der Waals surface area contributed by atoms with Crippen LogP contribution in [0.2, 0.25) is 0 Å². The number of halogens is 1. The van der Waals surface area contributed by atoms with Crippen LogP contribution in [0.15, 0.2) is 24.3 Å². The summed E-state index contributed by atoms with van der Waals surface area (Å²) in [6.07, 6.45) is 0. The second-order valence-electron chi connectivity index (χ2n) is 2.76. The normalized spacial score (nSPS) is 8.71. The maximum Gasteiger partial charge on any atom is 0.217 e. The van der Waals surface area contributed by atoms with Gasteiger partial charge in [-0.05, 0) is 17.7 Å². The van der Waals surface area contributed by atoms with Crippen molar-refractivity contribution in [1.82, 2.24) is 5.32 Å². The van der Waals surface area contributed by atoms with Crippen molar-refractivity contribution in [3.8, 4) is 5.75 Å². The zero-order valence-electron chi connectivity index (χ0n) is 8.24. The number of hydrogen-bond donors (Lipinski definition) is 1. The van der Waals surface area contributed by atoms with E-state index in [9.17, 15) is 4.79 Å². The van der Waals surface area contributed by atoms with E-state index in [1.54, 1.807) is 7.11 Å².